The molecule has 0 heterocycles. The van der Waals surface area contributed by atoms with Crippen LogP contribution in [0.25, 0.3) is 0 Å². The predicted molar refractivity (Wildman–Crippen MR) is 122 cm³/mol. The second-order valence-corrected chi connectivity index (χ2v) is 10.5. The largest absolute Gasteiger partial charge is 0.469 e. The zero-order valence-corrected chi connectivity index (χ0v) is 19.3. The van der Waals surface area contributed by atoms with Gasteiger partial charge in [-0.05, 0) is 24.5 Å². The maximum absolute atomic E-state index is 13.8. The molecule has 3 unspecified atom stereocenters. The summed E-state index contributed by atoms with van der Waals surface area (Å²) in [5.41, 5.74) is 2.16. The van der Waals surface area contributed by atoms with Gasteiger partial charge >= 0.3 is 5.97 Å². The molecular weight excluding hydrogens is 397 g/mol. The van der Waals surface area contributed by atoms with Crippen LogP contribution in [-0.2, 0) is 18.6 Å². The van der Waals surface area contributed by atoms with E-state index < -0.39 is 19.1 Å². The molecule has 30 heavy (non-hydrogen) atoms. The Morgan fingerprint density at radius 3 is 1.97 bits per heavy atom. The van der Waals surface area contributed by atoms with Crippen LogP contribution >= 0.6 is 7.37 Å². The van der Waals surface area contributed by atoms with E-state index in [1.807, 2.05) is 67.6 Å². The number of benzene rings is 2. The summed E-state index contributed by atoms with van der Waals surface area (Å²) >= 11 is 0. The molecule has 2 aromatic rings. The lowest BCUT2D eigenvalue weighted by Crippen LogP contribution is -2.34. The number of methoxy groups -OCH3 is 1. The van der Waals surface area contributed by atoms with Gasteiger partial charge in [0.15, 0.2) is 0 Å². The fraction of sp³-hybridized carbons (Fsp3) is 0.458. The highest BCUT2D eigenvalue weighted by molar-refractivity contribution is 7.59. The molecule has 0 fully saturated rings. The van der Waals surface area contributed by atoms with E-state index in [0.717, 1.165) is 24.0 Å². The Balaban J connectivity index is 2.27. The quantitative estimate of drug-likeness (QED) is 0.349. The average Bonchev–Trinajstić information content (AvgIpc) is 2.80. The van der Waals surface area contributed by atoms with Gasteiger partial charge < -0.3 is 9.26 Å². The van der Waals surface area contributed by atoms with Crippen LogP contribution in [0.2, 0.25) is 0 Å². The minimum absolute atomic E-state index is 0.141. The van der Waals surface area contributed by atoms with Crippen LogP contribution in [0.5, 0.6) is 0 Å². The summed E-state index contributed by atoms with van der Waals surface area (Å²) in [6.45, 7) is 3.94. The van der Waals surface area contributed by atoms with Crippen LogP contribution in [-0.4, -0.2) is 32.1 Å². The first-order chi connectivity index (χ1) is 14.4. The number of carbonyl (C=O) groups is 1. The normalized spacial score (nSPS) is 15.4. The number of carbonyl (C=O) groups excluding carboxylic acids is 1. The molecule has 0 saturated heterocycles. The third kappa shape index (κ3) is 6.53. The van der Waals surface area contributed by atoms with Gasteiger partial charge in [0.1, 0.15) is 0 Å². The fourth-order valence-electron chi connectivity index (χ4n) is 3.63. The SMILES string of the molecule is CCCCC(CP(=O)(OC)C(C)NC(c1ccccc1)c1ccccc1)C(=O)OC. The summed E-state index contributed by atoms with van der Waals surface area (Å²) in [7, 11) is -0.319. The number of rotatable bonds is 12. The Kier molecular flexibility index (Phi) is 9.77. The highest BCUT2D eigenvalue weighted by Gasteiger charge is 2.37. The summed E-state index contributed by atoms with van der Waals surface area (Å²) in [4.78, 5) is 12.3. The Labute approximate surface area is 180 Å². The molecule has 164 valence electrons. The summed E-state index contributed by atoms with van der Waals surface area (Å²) in [5, 5.41) is 3.52. The van der Waals surface area contributed by atoms with Crippen molar-refractivity contribution in [3.8, 4) is 0 Å². The number of esters is 1. The standard InChI is InChI=1S/C24H34NO4P/c1-5-6-13-22(24(26)28-3)18-30(27,29-4)19(2)25-23(20-14-9-7-10-15-20)21-16-11-8-12-17-21/h7-12,14-17,19,22-23,25H,5-6,13,18H2,1-4H3. The lowest BCUT2D eigenvalue weighted by Gasteiger charge is -2.31. The van der Waals surface area contributed by atoms with E-state index in [1.165, 1.54) is 14.2 Å². The number of hydrogen-bond acceptors (Lipinski definition) is 5. The van der Waals surface area contributed by atoms with Gasteiger partial charge in [0, 0.05) is 13.3 Å². The van der Waals surface area contributed by atoms with Gasteiger partial charge in [0.05, 0.1) is 24.9 Å². The van der Waals surface area contributed by atoms with Crippen LogP contribution in [0.3, 0.4) is 0 Å². The zero-order valence-electron chi connectivity index (χ0n) is 18.4. The molecular formula is C24H34NO4P. The van der Waals surface area contributed by atoms with E-state index in [0.29, 0.717) is 6.42 Å². The maximum Gasteiger partial charge on any atom is 0.309 e. The summed E-state index contributed by atoms with van der Waals surface area (Å²) < 4.78 is 24.3. The number of nitrogens with one attached hydrogen (secondary N) is 1. The van der Waals surface area contributed by atoms with Crippen LogP contribution in [0.1, 0.15) is 50.3 Å². The maximum atomic E-state index is 13.8. The Morgan fingerprint density at radius 1 is 1.00 bits per heavy atom. The van der Waals surface area contributed by atoms with Crippen molar-refractivity contribution in [2.75, 3.05) is 20.4 Å². The van der Waals surface area contributed by atoms with E-state index in [1.54, 1.807) is 0 Å². The molecule has 0 radical (unpaired) electrons. The third-order valence-corrected chi connectivity index (χ3v) is 8.39. The van der Waals surface area contributed by atoms with Gasteiger partial charge in [-0.1, -0.05) is 80.4 Å². The van der Waals surface area contributed by atoms with E-state index >= 15 is 0 Å². The number of unbranched alkanes of at least 4 members (excludes halogenated alkanes) is 1. The first-order valence-corrected chi connectivity index (χ1v) is 12.4. The first-order valence-electron chi connectivity index (χ1n) is 10.5. The van der Waals surface area contributed by atoms with Crippen molar-refractivity contribution >= 4 is 13.3 Å². The monoisotopic (exact) mass is 431 g/mol. The van der Waals surface area contributed by atoms with Crippen molar-refractivity contribution in [2.24, 2.45) is 5.92 Å². The molecule has 0 aliphatic rings. The second-order valence-electron chi connectivity index (χ2n) is 7.55. The summed E-state index contributed by atoms with van der Waals surface area (Å²) in [5.74, 6) is -1.20. The zero-order chi connectivity index (χ0) is 22.0. The minimum atomic E-state index is -3.16. The smallest absolute Gasteiger partial charge is 0.309 e. The molecule has 2 rings (SSSR count). The Hall–Kier alpha value is -1.94. The first kappa shape index (κ1) is 24.3. The average molecular weight is 432 g/mol. The molecule has 0 amide bonds. The molecule has 0 saturated carbocycles. The van der Waals surface area contributed by atoms with Crippen molar-refractivity contribution in [1.29, 1.82) is 0 Å². The van der Waals surface area contributed by atoms with Crippen LogP contribution in [0, 0.1) is 5.92 Å². The van der Waals surface area contributed by atoms with Gasteiger partial charge in [0.2, 0.25) is 7.37 Å². The lowest BCUT2D eigenvalue weighted by molar-refractivity contribution is -0.145. The van der Waals surface area contributed by atoms with Crippen LogP contribution in [0.4, 0.5) is 0 Å². The Bertz CT molecular complexity index is 773. The van der Waals surface area contributed by atoms with E-state index in [2.05, 4.69) is 12.2 Å². The molecule has 0 spiro atoms. The number of hydrogen-bond donors (Lipinski definition) is 1. The number of ether oxygens (including phenoxy) is 1. The van der Waals surface area contributed by atoms with Gasteiger partial charge in [-0.2, -0.15) is 0 Å². The molecule has 3 atom stereocenters. The van der Waals surface area contributed by atoms with Crippen molar-refractivity contribution in [1.82, 2.24) is 5.32 Å². The van der Waals surface area contributed by atoms with Gasteiger partial charge in [-0.25, -0.2) is 0 Å². The van der Waals surface area contributed by atoms with Crippen molar-refractivity contribution in [3.05, 3.63) is 71.8 Å². The van der Waals surface area contributed by atoms with Gasteiger partial charge in [0.25, 0.3) is 0 Å². The van der Waals surface area contributed by atoms with Crippen LogP contribution in [0.15, 0.2) is 60.7 Å². The van der Waals surface area contributed by atoms with Crippen molar-refractivity contribution < 1.29 is 18.6 Å². The topological polar surface area (TPSA) is 64.6 Å². The second kappa shape index (κ2) is 12.0. The molecule has 0 aliphatic heterocycles. The molecule has 5 nitrogen and oxygen atoms in total. The van der Waals surface area contributed by atoms with E-state index in [9.17, 15) is 9.36 Å². The molecule has 2 aromatic carbocycles. The third-order valence-electron chi connectivity index (χ3n) is 5.49. The Morgan fingerprint density at radius 2 is 1.53 bits per heavy atom. The molecule has 0 bridgehead atoms. The highest BCUT2D eigenvalue weighted by atomic mass is 31.2. The molecule has 6 heteroatoms. The van der Waals surface area contributed by atoms with Crippen molar-refractivity contribution in [2.45, 2.75) is 44.9 Å². The van der Waals surface area contributed by atoms with Gasteiger partial charge in [-0.3, -0.25) is 14.7 Å². The minimum Gasteiger partial charge on any atom is -0.469 e. The molecule has 1 N–H and O–H groups in total. The van der Waals surface area contributed by atoms with E-state index in [-0.39, 0.29) is 18.2 Å². The fourth-order valence-corrected chi connectivity index (χ4v) is 5.73. The molecule has 0 aromatic heterocycles. The lowest BCUT2D eigenvalue weighted by atomic mass is 9.99. The van der Waals surface area contributed by atoms with Crippen molar-refractivity contribution in [3.63, 3.8) is 0 Å². The molecule has 0 aliphatic carbocycles. The summed E-state index contributed by atoms with van der Waals surface area (Å²) in [6.07, 6.45) is 2.65. The summed E-state index contributed by atoms with van der Waals surface area (Å²) in [6, 6.07) is 20.0. The predicted octanol–water partition coefficient (Wildman–Crippen LogP) is 5.62. The van der Waals surface area contributed by atoms with Gasteiger partial charge in [-0.15, -0.1) is 0 Å². The van der Waals surface area contributed by atoms with Crippen LogP contribution < -0.4 is 5.32 Å². The highest BCUT2D eigenvalue weighted by Crippen LogP contribution is 2.53. The van der Waals surface area contributed by atoms with E-state index in [4.69, 9.17) is 9.26 Å².